The molecule has 2 saturated heterocycles. The zero-order valence-corrected chi connectivity index (χ0v) is 13.2. The Balaban J connectivity index is 1.96. The van der Waals surface area contributed by atoms with Crippen molar-refractivity contribution in [2.24, 2.45) is 0 Å². The summed E-state index contributed by atoms with van der Waals surface area (Å²) in [6.45, 7) is 6.99. The van der Waals surface area contributed by atoms with Gasteiger partial charge in [0.15, 0.2) is 0 Å². The third-order valence-corrected chi connectivity index (χ3v) is 4.93. The molecule has 0 saturated carbocycles. The molecule has 2 fully saturated rings. The molecule has 2 aliphatic heterocycles. The Kier molecular flexibility index (Phi) is 5.41. The molecule has 0 aromatic carbocycles. The number of carbonyl (C=O) groups excluding carboxylic acids is 1. The van der Waals surface area contributed by atoms with E-state index in [0.29, 0.717) is 6.04 Å². The van der Waals surface area contributed by atoms with E-state index >= 15 is 0 Å². The Morgan fingerprint density at radius 2 is 2.15 bits per heavy atom. The minimum atomic E-state index is -0.602. The average molecular weight is 283 g/mol. The fourth-order valence-electron chi connectivity index (χ4n) is 3.60. The number of amides is 1. The second-order valence-electron chi connectivity index (χ2n) is 6.06. The maximum atomic E-state index is 12.8. The van der Waals surface area contributed by atoms with Crippen LogP contribution >= 0.6 is 0 Å². The topological polar surface area (TPSA) is 44.8 Å². The van der Waals surface area contributed by atoms with Crippen molar-refractivity contribution in [3.8, 4) is 0 Å². The molecule has 0 spiro atoms. The minimum Gasteiger partial charge on any atom is -0.368 e. The summed E-state index contributed by atoms with van der Waals surface area (Å²) >= 11 is 0. The van der Waals surface area contributed by atoms with Gasteiger partial charge < -0.3 is 15.0 Å². The molecule has 2 rings (SSSR count). The van der Waals surface area contributed by atoms with Crippen LogP contribution in [-0.2, 0) is 9.53 Å². The maximum absolute atomic E-state index is 12.8. The lowest BCUT2D eigenvalue weighted by molar-refractivity contribution is -0.157. The number of nitrogens with zero attached hydrogens (tertiary/aromatic N) is 2. The van der Waals surface area contributed by atoms with Crippen molar-refractivity contribution in [1.82, 2.24) is 15.1 Å². The van der Waals surface area contributed by atoms with Gasteiger partial charge in [0.2, 0.25) is 0 Å². The van der Waals surface area contributed by atoms with E-state index in [1.165, 1.54) is 19.4 Å². The van der Waals surface area contributed by atoms with Gasteiger partial charge in [0.05, 0.1) is 0 Å². The van der Waals surface area contributed by atoms with Gasteiger partial charge in [0.1, 0.15) is 5.60 Å². The number of nitrogens with one attached hydrogen (secondary N) is 1. The fourth-order valence-corrected chi connectivity index (χ4v) is 3.60. The number of likely N-dealkylation sites (tertiary alicyclic amines) is 1. The lowest BCUT2D eigenvalue weighted by Crippen LogP contribution is -2.56. The van der Waals surface area contributed by atoms with E-state index < -0.39 is 5.60 Å². The van der Waals surface area contributed by atoms with Crippen LogP contribution in [0.1, 0.15) is 32.6 Å². The van der Waals surface area contributed by atoms with Crippen LogP contribution in [0.3, 0.4) is 0 Å². The Labute approximate surface area is 122 Å². The molecule has 0 aromatic rings. The number of methoxy groups -OCH3 is 1. The summed E-state index contributed by atoms with van der Waals surface area (Å²) in [5, 5.41) is 3.30. The summed E-state index contributed by atoms with van der Waals surface area (Å²) in [4.78, 5) is 17.2. The van der Waals surface area contributed by atoms with Gasteiger partial charge in [-0.3, -0.25) is 9.69 Å². The Morgan fingerprint density at radius 1 is 1.45 bits per heavy atom. The van der Waals surface area contributed by atoms with E-state index in [4.69, 9.17) is 4.74 Å². The molecule has 1 N–H and O–H groups in total. The van der Waals surface area contributed by atoms with Crippen LogP contribution in [0, 0.1) is 0 Å². The lowest BCUT2D eigenvalue weighted by Gasteiger charge is -2.39. The molecule has 5 nitrogen and oxygen atoms in total. The van der Waals surface area contributed by atoms with Crippen molar-refractivity contribution in [3.05, 3.63) is 0 Å². The number of hydrogen-bond acceptors (Lipinski definition) is 4. The Hall–Kier alpha value is -0.650. The molecule has 1 amide bonds. The molecule has 2 aliphatic rings. The third-order valence-electron chi connectivity index (χ3n) is 4.93. The third kappa shape index (κ3) is 3.15. The quantitative estimate of drug-likeness (QED) is 0.807. The van der Waals surface area contributed by atoms with E-state index in [0.717, 1.165) is 39.0 Å². The summed E-state index contributed by atoms with van der Waals surface area (Å²) in [6.07, 6.45) is 4.00. The number of hydrogen-bond donors (Lipinski definition) is 1. The first-order chi connectivity index (χ1) is 9.63. The molecule has 1 unspecified atom stereocenters. The van der Waals surface area contributed by atoms with Crippen molar-refractivity contribution in [2.75, 3.05) is 46.9 Å². The normalized spacial score (nSPS) is 26.6. The van der Waals surface area contributed by atoms with Crippen molar-refractivity contribution < 1.29 is 9.53 Å². The van der Waals surface area contributed by atoms with E-state index in [9.17, 15) is 4.79 Å². The van der Waals surface area contributed by atoms with Gasteiger partial charge in [0, 0.05) is 26.7 Å². The molecule has 5 heteroatoms. The van der Waals surface area contributed by atoms with Gasteiger partial charge in [-0.1, -0.05) is 6.92 Å². The van der Waals surface area contributed by atoms with Crippen LogP contribution in [0.5, 0.6) is 0 Å². The zero-order valence-electron chi connectivity index (χ0n) is 13.2. The van der Waals surface area contributed by atoms with E-state index in [1.54, 1.807) is 7.11 Å². The van der Waals surface area contributed by atoms with Gasteiger partial charge in [-0.25, -0.2) is 0 Å². The van der Waals surface area contributed by atoms with E-state index in [2.05, 4.69) is 17.1 Å². The van der Waals surface area contributed by atoms with Crippen molar-refractivity contribution in [2.45, 2.75) is 44.2 Å². The highest BCUT2D eigenvalue weighted by Crippen LogP contribution is 2.26. The van der Waals surface area contributed by atoms with Gasteiger partial charge in [0.25, 0.3) is 5.91 Å². The number of ether oxygens (including phenoxy) is 1. The summed E-state index contributed by atoms with van der Waals surface area (Å²) in [6, 6.07) is 0.518. The van der Waals surface area contributed by atoms with Crippen LogP contribution in [0.4, 0.5) is 0 Å². The Morgan fingerprint density at radius 3 is 2.75 bits per heavy atom. The highest BCUT2D eigenvalue weighted by Gasteiger charge is 2.42. The number of carbonyl (C=O) groups is 1. The minimum absolute atomic E-state index is 0.157. The molecule has 2 heterocycles. The first kappa shape index (κ1) is 15.7. The van der Waals surface area contributed by atoms with Crippen LogP contribution in [0.2, 0.25) is 0 Å². The van der Waals surface area contributed by atoms with Gasteiger partial charge in [-0.2, -0.15) is 0 Å². The van der Waals surface area contributed by atoms with Crippen LogP contribution in [-0.4, -0.2) is 74.2 Å². The highest BCUT2D eigenvalue weighted by molar-refractivity contribution is 5.85. The van der Waals surface area contributed by atoms with Gasteiger partial charge >= 0.3 is 0 Å². The number of rotatable bonds is 5. The zero-order chi connectivity index (χ0) is 14.6. The van der Waals surface area contributed by atoms with Gasteiger partial charge in [-0.15, -0.1) is 0 Å². The monoisotopic (exact) mass is 283 g/mol. The maximum Gasteiger partial charge on any atom is 0.254 e. The second kappa shape index (κ2) is 6.87. The fraction of sp³-hybridized carbons (Fsp3) is 0.933. The molecule has 0 radical (unpaired) electrons. The molecule has 1 atom stereocenters. The molecular weight excluding hydrogens is 254 g/mol. The molecule has 0 bridgehead atoms. The van der Waals surface area contributed by atoms with E-state index in [-0.39, 0.29) is 5.91 Å². The van der Waals surface area contributed by atoms with Gasteiger partial charge in [-0.05, 0) is 51.9 Å². The molecular formula is C15H29N3O2. The molecule has 20 heavy (non-hydrogen) atoms. The summed E-state index contributed by atoms with van der Waals surface area (Å²) in [5.74, 6) is 0.157. The van der Waals surface area contributed by atoms with Crippen molar-refractivity contribution >= 4 is 5.91 Å². The standard InChI is InChI=1S/C15H29N3O2/c1-4-18-11-5-6-13(18)12-17(2)14(19)15(20-3)7-9-16-10-8-15/h13,16H,4-12H2,1-3H3. The Bertz CT molecular complexity index is 329. The summed E-state index contributed by atoms with van der Waals surface area (Å²) in [5.41, 5.74) is -0.602. The second-order valence-corrected chi connectivity index (χ2v) is 6.06. The van der Waals surface area contributed by atoms with Crippen LogP contribution in [0.25, 0.3) is 0 Å². The summed E-state index contributed by atoms with van der Waals surface area (Å²) < 4.78 is 5.63. The predicted molar refractivity (Wildman–Crippen MR) is 79.7 cm³/mol. The predicted octanol–water partition coefficient (Wildman–Crippen LogP) is 0.698. The average Bonchev–Trinajstić information content (AvgIpc) is 2.94. The molecule has 0 aliphatic carbocycles. The highest BCUT2D eigenvalue weighted by atomic mass is 16.5. The van der Waals surface area contributed by atoms with Crippen LogP contribution < -0.4 is 5.32 Å². The number of piperidine rings is 1. The smallest absolute Gasteiger partial charge is 0.254 e. The van der Waals surface area contributed by atoms with E-state index in [1.807, 2.05) is 11.9 Å². The molecule has 116 valence electrons. The first-order valence-corrected chi connectivity index (χ1v) is 7.88. The van der Waals surface area contributed by atoms with Crippen molar-refractivity contribution in [1.29, 1.82) is 0 Å². The number of likely N-dealkylation sites (N-methyl/N-ethyl adjacent to an activating group) is 2. The molecule has 0 aromatic heterocycles. The van der Waals surface area contributed by atoms with Crippen LogP contribution in [0.15, 0.2) is 0 Å². The summed E-state index contributed by atoms with van der Waals surface area (Å²) in [7, 11) is 3.60. The first-order valence-electron chi connectivity index (χ1n) is 7.88. The van der Waals surface area contributed by atoms with Crippen molar-refractivity contribution in [3.63, 3.8) is 0 Å². The lowest BCUT2D eigenvalue weighted by atomic mass is 9.90. The largest absolute Gasteiger partial charge is 0.368 e. The SMILES string of the molecule is CCN1CCCC1CN(C)C(=O)C1(OC)CCNCC1.